The van der Waals surface area contributed by atoms with Gasteiger partial charge in [0.1, 0.15) is 18.0 Å². The van der Waals surface area contributed by atoms with Gasteiger partial charge in [0.05, 0.1) is 31.4 Å². The number of carbonyl (C=O) groups is 2. The molecule has 160 valence electrons. The smallest absolute Gasteiger partial charge is 0.344 e. The number of benzene rings is 2. The van der Waals surface area contributed by atoms with Gasteiger partial charge in [-0.1, -0.05) is 60.7 Å². The molecule has 0 amide bonds. The number of methoxy groups -OCH3 is 1. The Kier molecular flexibility index (Phi) is 5.38. The number of hydrogen-bond acceptors (Lipinski definition) is 6. The van der Waals surface area contributed by atoms with Crippen molar-refractivity contribution in [2.75, 3.05) is 7.11 Å². The zero-order valence-corrected chi connectivity index (χ0v) is 17.2. The van der Waals surface area contributed by atoms with Crippen molar-refractivity contribution in [2.45, 2.75) is 37.0 Å². The first-order chi connectivity index (χ1) is 14.9. The van der Waals surface area contributed by atoms with Crippen molar-refractivity contribution in [3.63, 3.8) is 0 Å². The monoisotopic (exact) mass is 423 g/mol. The molecule has 2 aromatic carbocycles. The molecule has 6 nitrogen and oxygen atoms in total. The Balaban J connectivity index is 0.000000730. The number of rotatable bonds is 3. The Morgan fingerprint density at radius 1 is 1.06 bits per heavy atom. The average Bonchev–Trinajstić information content (AvgIpc) is 3.12. The molecule has 5 rings (SSSR count). The van der Waals surface area contributed by atoms with Crippen molar-refractivity contribution in [3.8, 4) is 6.07 Å². The van der Waals surface area contributed by atoms with E-state index in [4.69, 9.17) is 14.7 Å². The third kappa shape index (κ3) is 3.23. The first-order valence-corrected chi connectivity index (χ1v) is 9.99. The predicted molar refractivity (Wildman–Crippen MR) is 107 cm³/mol. The lowest BCUT2D eigenvalue weighted by Crippen LogP contribution is -2.40. The molecule has 1 aliphatic heterocycles. The molecule has 0 unspecified atom stereocenters. The number of nitrogens with zero attached hydrogens (tertiary/aromatic N) is 1. The summed E-state index contributed by atoms with van der Waals surface area (Å²) < 4.78 is 32.5. The highest BCUT2D eigenvalue weighted by molar-refractivity contribution is 6.01. The lowest BCUT2D eigenvalue weighted by atomic mass is 9.99. The van der Waals surface area contributed by atoms with Gasteiger partial charge in [0.2, 0.25) is 5.67 Å². The van der Waals surface area contributed by atoms with Crippen LogP contribution in [0.1, 0.15) is 36.7 Å². The van der Waals surface area contributed by atoms with Crippen molar-refractivity contribution < 1.29 is 28.2 Å². The van der Waals surface area contributed by atoms with Crippen LogP contribution in [-0.2, 0) is 23.8 Å². The highest BCUT2D eigenvalue weighted by atomic mass is 19.1. The molecule has 1 saturated heterocycles. The second-order valence-corrected chi connectivity index (χ2v) is 7.79. The Morgan fingerprint density at radius 2 is 1.52 bits per heavy atom. The molecule has 5 atom stereocenters. The maximum absolute atomic E-state index is 15.4. The number of carbonyl (C=O) groups excluding carboxylic acids is 2. The Bertz CT molecular complexity index is 974. The van der Waals surface area contributed by atoms with E-state index in [1.807, 2.05) is 60.7 Å². The maximum atomic E-state index is 15.4. The van der Waals surface area contributed by atoms with Crippen LogP contribution in [0.4, 0.5) is 4.39 Å². The normalized spacial score (nSPS) is 31.9. The highest BCUT2D eigenvalue weighted by Gasteiger charge is 2.87. The zero-order chi connectivity index (χ0) is 22.2. The number of esters is 1. The topological polar surface area (TPSA) is 85.6 Å². The SMILES string of the molecule is CC#N.COC(=O)[C@]1(F)[C@H]2C(=O)CC3(O[C@@H](c4ccccc4)[C@H](c4ccccc4)O3)[C@H]21. The fourth-order valence-electron chi connectivity index (χ4n) is 4.81. The van der Waals surface area contributed by atoms with E-state index < -0.39 is 41.5 Å². The molecule has 2 saturated carbocycles. The molecule has 2 aromatic rings. The second-order valence-electron chi connectivity index (χ2n) is 7.79. The van der Waals surface area contributed by atoms with Crippen molar-refractivity contribution in [2.24, 2.45) is 11.8 Å². The van der Waals surface area contributed by atoms with Crippen molar-refractivity contribution >= 4 is 11.8 Å². The lowest BCUT2D eigenvalue weighted by molar-refractivity contribution is -0.200. The summed E-state index contributed by atoms with van der Waals surface area (Å²) >= 11 is 0. The van der Waals surface area contributed by atoms with Gasteiger partial charge in [0, 0.05) is 6.92 Å². The summed E-state index contributed by atoms with van der Waals surface area (Å²) in [6.07, 6.45) is -1.10. The van der Waals surface area contributed by atoms with Crippen LogP contribution in [0, 0.1) is 23.2 Å². The summed E-state index contributed by atoms with van der Waals surface area (Å²) in [6.45, 7) is 1.43. The molecule has 0 radical (unpaired) electrons. The van der Waals surface area contributed by atoms with Crippen LogP contribution < -0.4 is 0 Å². The fourth-order valence-corrected chi connectivity index (χ4v) is 4.81. The Labute approximate surface area is 179 Å². The van der Waals surface area contributed by atoms with Gasteiger partial charge in [-0.15, -0.1) is 0 Å². The van der Waals surface area contributed by atoms with Crippen molar-refractivity contribution in [1.82, 2.24) is 0 Å². The third-order valence-corrected chi connectivity index (χ3v) is 6.05. The van der Waals surface area contributed by atoms with Crippen molar-refractivity contribution in [3.05, 3.63) is 71.8 Å². The number of nitriles is 1. The van der Waals surface area contributed by atoms with Crippen LogP contribution in [0.5, 0.6) is 0 Å². The summed E-state index contributed by atoms with van der Waals surface area (Å²) in [4.78, 5) is 24.5. The minimum Gasteiger partial charge on any atom is -0.467 e. The Morgan fingerprint density at radius 3 is 1.94 bits per heavy atom. The van der Waals surface area contributed by atoms with E-state index in [0.717, 1.165) is 18.2 Å². The van der Waals surface area contributed by atoms with Gasteiger partial charge >= 0.3 is 5.97 Å². The number of hydrogen-bond donors (Lipinski definition) is 0. The fraction of sp³-hybridized carbons (Fsp3) is 0.375. The number of ketones is 1. The largest absolute Gasteiger partial charge is 0.467 e. The van der Waals surface area contributed by atoms with Gasteiger partial charge in [0.25, 0.3) is 0 Å². The van der Waals surface area contributed by atoms with E-state index in [-0.39, 0.29) is 12.2 Å². The first kappa shape index (κ1) is 21.2. The summed E-state index contributed by atoms with van der Waals surface area (Å²) in [5.74, 6) is -4.92. The number of fused-ring (bicyclic) bond motifs is 2. The molecule has 0 N–H and O–H groups in total. The summed E-state index contributed by atoms with van der Waals surface area (Å²) in [7, 11) is 1.12. The molecule has 0 aromatic heterocycles. The molecule has 1 spiro atoms. The molecule has 2 aliphatic carbocycles. The van der Waals surface area contributed by atoms with Gasteiger partial charge < -0.3 is 14.2 Å². The highest BCUT2D eigenvalue weighted by Crippen LogP contribution is 2.71. The van der Waals surface area contributed by atoms with E-state index >= 15 is 4.39 Å². The summed E-state index contributed by atoms with van der Waals surface area (Å²) in [6, 6.07) is 20.7. The van der Waals surface area contributed by atoms with E-state index in [0.29, 0.717) is 0 Å². The van der Waals surface area contributed by atoms with Crippen LogP contribution >= 0.6 is 0 Å². The predicted octanol–water partition coefficient (Wildman–Crippen LogP) is 3.84. The maximum Gasteiger partial charge on any atom is 0.344 e. The average molecular weight is 423 g/mol. The molecule has 0 bridgehead atoms. The lowest BCUT2D eigenvalue weighted by Gasteiger charge is -2.26. The Hall–Kier alpha value is -3.08. The minimum atomic E-state index is -2.38. The summed E-state index contributed by atoms with van der Waals surface area (Å²) in [5.41, 5.74) is -0.642. The zero-order valence-electron chi connectivity index (χ0n) is 17.2. The van der Waals surface area contributed by atoms with Gasteiger partial charge in [0.15, 0.2) is 5.79 Å². The van der Waals surface area contributed by atoms with Crippen molar-refractivity contribution in [1.29, 1.82) is 5.26 Å². The number of halogens is 1. The van der Waals surface area contributed by atoms with E-state index in [9.17, 15) is 9.59 Å². The number of alkyl halides is 1. The molecule has 7 heteroatoms. The van der Waals surface area contributed by atoms with Gasteiger partial charge in [-0.05, 0) is 11.1 Å². The quantitative estimate of drug-likeness (QED) is 0.698. The summed E-state index contributed by atoms with van der Waals surface area (Å²) in [5, 5.41) is 7.32. The van der Waals surface area contributed by atoms with Crippen LogP contribution in [0.15, 0.2) is 60.7 Å². The number of Topliss-reactive ketones (excluding diaryl/α,β-unsaturated/α-hetero) is 1. The van der Waals surface area contributed by atoms with E-state index in [1.165, 1.54) is 6.92 Å². The van der Waals surface area contributed by atoms with Crippen LogP contribution in [-0.4, -0.2) is 30.3 Å². The van der Waals surface area contributed by atoms with Crippen LogP contribution in [0.3, 0.4) is 0 Å². The van der Waals surface area contributed by atoms with E-state index in [1.54, 1.807) is 6.07 Å². The van der Waals surface area contributed by atoms with Gasteiger partial charge in [-0.3, -0.25) is 4.79 Å². The molecule has 31 heavy (non-hydrogen) atoms. The third-order valence-electron chi connectivity index (χ3n) is 6.05. The van der Waals surface area contributed by atoms with Gasteiger partial charge in [-0.2, -0.15) is 5.26 Å². The first-order valence-electron chi connectivity index (χ1n) is 9.99. The second kappa shape index (κ2) is 7.88. The molecule has 3 aliphatic rings. The molecular weight excluding hydrogens is 401 g/mol. The van der Waals surface area contributed by atoms with Crippen LogP contribution in [0.25, 0.3) is 0 Å². The molecule has 3 fully saturated rings. The molecular formula is C24H22FNO5. The molecule has 1 heterocycles. The minimum absolute atomic E-state index is 0.0718. The number of ether oxygens (including phenoxy) is 3. The van der Waals surface area contributed by atoms with E-state index in [2.05, 4.69) is 4.74 Å². The van der Waals surface area contributed by atoms with Gasteiger partial charge in [-0.25, -0.2) is 9.18 Å². The standard InChI is InChI=1S/C22H19FO5.C2H3N/c1-26-20(25)22(23)16-15(24)12-21(19(16)22)27-17(13-8-4-2-5-9-13)18(28-21)14-10-6-3-7-11-14;1-2-3/h2-11,16-19H,12H2,1H3;1H3/t16-,17-,18-,19-,22-;/m0./s1. The van der Waals surface area contributed by atoms with Crippen LogP contribution in [0.2, 0.25) is 0 Å².